The number of likely N-dealkylation sites (N-methyl/N-ethyl adjacent to an activating group) is 1. The summed E-state index contributed by atoms with van der Waals surface area (Å²) in [5.74, 6) is -2.06. The van der Waals surface area contributed by atoms with Gasteiger partial charge in [0.1, 0.15) is 12.3 Å². The third-order valence-corrected chi connectivity index (χ3v) is 6.62. The molecule has 0 fully saturated rings. The SMILES string of the molecule is COCCOC(=O)c1c(C)[nH]c(C(=O)NNC(=O)CN(C)S(=O)(=O)c2ccc(C)cc2)c1C. The zero-order valence-corrected chi connectivity index (χ0v) is 20.0. The quantitative estimate of drug-likeness (QED) is 0.274. The normalized spacial score (nSPS) is 11.3. The second-order valence-corrected chi connectivity index (χ2v) is 9.38. The average Bonchev–Trinajstić information content (AvgIpc) is 3.06. The maximum absolute atomic E-state index is 12.6. The van der Waals surface area contributed by atoms with Gasteiger partial charge in [-0.15, -0.1) is 0 Å². The van der Waals surface area contributed by atoms with Crippen LogP contribution in [0.15, 0.2) is 29.2 Å². The lowest BCUT2D eigenvalue weighted by atomic mass is 10.1. The zero-order chi connectivity index (χ0) is 24.8. The molecule has 2 aromatic rings. The molecule has 1 heterocycles. The second-order valence-electron chi connectivity index (χ2n) is 7.33. The molecule has 33 heavy (non-hydrogen) atoms. The predicted molar refractivity (Wildman–Crippen MR) is 119 cm³/mol. The number of benzene rings is 1. The van der Waals surface area contributed by atoms with Crippen LogP contribution in [0.4, 0.5) is 0 Å². The summed E-state index contributed by atoms with van der Waals surface area (Å²) in [5, 5.41) is 0. The van der Waals surface area contributed by atoms with E-state index in [9.17, 15) is 22.8 Å². The number of rotatable bonds is 9. The van der Waals surface area contributed by atoms with Crippen molar-refractivity contribution in [3.8, 4) is 0 Å². The average molecular weight is 481 g/mol. The van der Waals surface area contributed by atoms with Crippen LogP contribution in [0.25, 0.3) is 0 Å². The molecule has 0 aliphatic heterocycles. The highest BCUT2D eigenvalue weighted by Crippen LogP contribution is 2.19. The van der Waals surface area contributed by atoms with Crippen LogP contribution >= 0.6 is 0 Å². The summed E-state index contributed by atoms with van der Waals surface area (Å²) in [5.41, 5.74) is 6.34. The van der Waals surface area contributed by atoms with Crippen LogP contribution in [0.1, 0.15) is 37.7 Å². The van der Waals surface area contributed by atoms with Crippen LogP contribution < -0.4 is 10.9 Å². The van der Waals surface area contributed by atoms with E-state index in [1.54, 1.807) is 26.0 Å². The first-order valence-corrected chi connectivity index (χ1v) is 11.4. The Morgan fingerprint density at radius 2 is 1.67 bits per heavy atom. The van der Waals surface area contributed by atoms with Crippen molar-refractivity contribution in [3.05, 3.63) is 52.3 Å². The number of hydrogen-bond donors (Lipinski definition) is 3. The molecule has 0 aliphatic carbocycles. The summed E-state index contributed by atoms with van der Waals surface area (Å²) in [6.07, 6.45) is 0. The first kappa shape index (κ1) is 26.0. The summed E-state index contributed by atoms with van der Waals surface area (Å²) in [6.45, 7) is 4.79. The first-order valence-electron chi connectivity index (χ1n) is 9.96. The van der Waals surface area contributed by atoms with Crippen LogP contribution in [0, 0.1) is 20.8 Å². The Morgan fingerprint density at radius 3 is 2.27 bits per heavy atom. The molecule has 0 saturated carbocycles. The number of H-pyrrole nitrogens is 1. The van der Waals surface area contributed by atoms with E-state index in [0.717, 1.165) is 9.87 Å². The highest BCUT2D eigenvalue weighted by molar-refractivity contribution is 7.89. The molecule has 0 radical (unpaired) electrons. The van der Waals surface area contributed by atoms with Gasteiger partial charge in [0.15, 0.2) is 0 Å². The predicted octanol–water partition coefficient (Wildman–Crippen LogP) is 0.825. The van der Waals surface area contributed by atoms with Crippen molar-refractivity contribution in [2.75, 3.05) is 33.9 Å². The standard InChI is InChI=1S/C21H28N4O7S/c1-13-6-8-16(9-7-13)33(29,30)25(4)12-17(26)23-24-20(27)19-14(2)18(15(3)22-19)21(28)32-11-10-31-5/h6-9,22H,10-12H2,1-5H3,(H,23,26)(H,24,27). The van der Waals surface area contributed by atoms with Crippen molar-refractivity contribution < 1.29 is 32.3 Å². The van der Waals surface area contributed by atoms with E-state index in [0.29, 0.717) is 11.3 Å². The van der Waals surface area contributed by atoms with Crippen molar-refractivity contribution in [1.29, 1.82) is 0 Å². The fourth-order valence-electron chi connectivity index (χ4n) is 2.98. The number of aromatic nitrogens is 1. The summed E-state index contributed by atoms with van der Waals surface area (Å²) in [4.78, 5) is 39.8. The number of amides is 2. The highest BCUT2D eigenvalue weighted by Gasteiger charge is 2.25. The van der Waals surface area contributed by atoms with Gasteiger partial charge in [-0.1, -0.05) is 17.7 Å². The largest absolute Gasteiger partial charge is 0.460 e. The van der Waals surface area contributed by atoms with Gasteiger partial charge in [-0.25, -0.2) is 13.2 Å². The Balaban J connectivity index is 1.99. The fourth-order valence-corrected chi connectivity index (χ4v) is 4.11. The van der Waals surface area contributed by atoms with Crippen molar-refractivity contribution in [2.45, 2.75) is 25.7 Å². The van der Waals surface area contributed by atoms with Gasteiger partial charge >= 0.3 is 5.97 Å². The number of esters is 1. The van der Waals surface area contributed by atoms with E-state index >= 15 is 0 Å². The number of hydrazine groups is 1. The van der Waals surface area contributed by atoms with Gasteiger partial charge in [-0.2, -0.15) is 4.31 Å². The fraction of sp³-hybridized carbons (Fsp3) is 0.381. The van der Waals surface area contributed by atoms with Crippen LogP contribution in [0.2, 0.25) is 0 Å². The van der Waals surface area contributed by atoms with Crippen LogP contribution in [-0.4, -0.2) is 69.4 Å². The number of aryl methyl sites for hydroxylation is 2. The van der Waals surface area contributed by atoms with Crippen molar-refractivity contribution in [2.24, 2.45) is 0 Å². The Bertz CT molecular complexity index is 1120. The molecule has 2 rings (SSSR count). The first-order chi connectivity index (χ1) is 15.5. The minimum atomic E-state index is -3.88. The maximum atomic E-state index is 12.6. The lowest BCUT2D eigenvalue weighted by molar-refractivity contribution is -0.121. The number of aromatic amines is 1. The van der Waals surface area contributed by atoms with E-state index in [1.807, 2.05) is 6.92 Å². The molecular weight excluding hydrogens is 452 g/mol. The molecule has 2 amide bonds. The van der Waals surface area contributed by atoms with Gasteiger partial charge in [0.25, 0.3) is 11.8 Å². The minimum absolute atomic E-state index is 0.0508. The number of nitrogens with one attached hydrogen (secondary N) is 3. The Labute approximate surface area is 192 Å². The van der Waals surface area contributed by atoms with Crippen molar-refractivity contribution >= 4 is 27.8 Å². The maximum Gasteiger partial charge on any atom is 0.340 e. The molecule has 1 aromatic carbocycles. The number of ether oxygens (including phenoxy) is 2. The van der Waals surface area contributed by atoms with E-state index in [-0.39, 0.29) is 29.4 Å². The minimum Gasteiger partial charge on any atom is -0.460 e. The number of sulfonamides is 1. The molecule has 1 aromatic heterocycles. The molecule has 0 unspecified atom stereocenters. The number of methoxy groups -OCH3 is 1. The molecule has 0 atom stereocenters. The smallest absolute Gasteiger partial charge is 0.340 e. The summed E-state index contributed by atoms with van der Waals surface area (Å²) in [7, 11) is -1.14. The van der Waals surface area contributed by atoms with E-state index < -0.39 is 34.4 Å². The van der Waals surface area contributed by atoms with Gasteiger partial charge in [0.2, 0.25) is 10.0 Å². The Kier molecular flexibility index (Phi) is 8.74. The number of carbonyl (C=O) groups excluding carboxylic acids is 3. The van der Waals surface area contributed by atoms with Gasteiger partial charge in [0.05, 0.1) is 23.6 Å². The lowest BCUT2D eigenvalue weighted by Gasteiger charge is -2.17. The van der Waals surface area contributed by atoms with Crippen LogP contribution in [-0.2, 0) is 24.3 Å². The molecule has 0 saturated heterocycles. The zero-order valence-electron chi connectivity index (χ0n) is 19.1. The molecular formula is C21H28N4O7S. The molecule has 0 spiro atoms. The van der Waals surface area contributed by atoms with Gasteiger partial charge < -0.3 is 14.5 Å². The molecule has 0 aliphatic rings. The molecule has 0 bridgehead atoms. The third-order valence-electron chi connectivity index (χ3n) is 4.80. The van der Waals surface area contributed by atoms with Crippen molar-refractivity contribution in [1.82, 2.24) is 20.1 Å². The summed E-state index contributed by atoms with van der Waals surface area (Å²) in [6, 6.07) is 6.22. The lowest BCUT2D eigenvalue weighted by Crippen LogP contribution is -2.47. The Morgan fingerprint density at radius 1 is 1.03 bits per heavy atom. The summed E-state index contributed by atoms with van der Waals surface area (Å²) >= 11 is 0. The Hall–Kier alpha value is -3.22. The highest BCUT2D eigenvalue weighted by atomic mass is 32.2. The molecule has 180 valence electrons. The number of carbonyl (C=O) groups is 3. The van der Waals surface area contributed by atoms with Crippen molar-refractivity contribution in [3.63, 3.8) is 0 Å². The topological polar surface area (TPSA) is 147 Å². The third kappa shape index (κ3) is 6.40. The molecule has 12 heteroatoms. The van der Waals surface area contributed by atoms with Gasteiger partial charge in [-0.05, 0) is 38.5 Å². The monoisotopic (exact) mass is 480 g/mol. The molecule has 3 N–H and O–H groups in total. The van der Waals surface area contributed by atoms with Crippen LogP contribution in [0.3, 0.4) is 0 Å². The number of hydrogen-bond acceptors (Lipinski definition) is 7. The van der Waals surface area contributed by atoms with Crippen LogP contribution in [0.5, 0.6) is 0 Å². The second kappa shape index (κ2) is 11.1. The van der Waals surface area contributed by atoms with Gasteiger partial charge in [-0.3, -0.25) is 20.4 Å². The van der Waals surface area contributed by atoms with E-state index in [4.69, 9.17) is 9.47 Å². The van der Waals surface area contributed by atoms with E-state index in [1.165, 1.54) is 26.3 Å². The van der Waals surface area contributed by atoms with E-state index in [2.05, 4.69) is 15.8 Å². The number of nitrogens with zero attached hydrogens (tertiary/aromatic N) is 1. The summed E-state index contributed by atoms with van der Waals surface area (Å²) < 4.78 is 36.0. The van der Waals surface area contributed by atoms with Gasteiger partial charge in [0, 0.05) is 19.9 Å². The molecule has 11 nitrogen and oxygen atoms in total.